The van der Waals surface area contributed by atoms with E-state index in [2.05, 4.69) is 9.71 Å². The van der Waals surface area contributed by atoms with Gasteiger partial charge in [-0.05, 0) is 12.1 Å². The van der Waals surface area contributed by atoms with Gasteiger partial charge in [0.2, 0.25) is 5.03 Å². The quantitative estimate of drug-likeness (QED) is 0.780. The molecule has 1 N–H and O–H groups in total. The van der Waals surface area contributed by atoms with Crippen molar-refractivity contribution in [3.63, 3.8) is 0 Å². The molecule has 0 unspecified atom stereocenters. The van der Waals surface area contributed by atoms with E-state index < -0.39 is 20.9 Å². The molecule has 0 aromatic carbocycles. The third kappa shape index (κ3) is 2.22. The van der Waals surface area contributed by atoms with E-state index in [0.29, 0.717) is 0 Å². The van der Waals surface area contributed by atoms with Gasteiger partial charge in [0.25, 0.3) is 10.0 Å². The lowest BCUT2D eigenvalue weighted by molar-refractivity contribution is 0.546. The maximum atomic E-state index is 12.9. The molecule has 0 saturated carbocycles. The lowest BCUT2D eigenvalue weighted by Crippen LogP contribution is -2.25. The third-order valence-electron chi connectivity index (χ3n) is 1.31. The van der Waals surface area contributed by atoms with Gasteiger partial charge in [-0.3, -0.25) is 0 Å². The fraction of sp³-hybridized carbons (Fsp3) is 0.286. The number of aromatic nitrogens is 1. The number of nitrogens with one attached hydrogen (secondary N) is 1. The van der Waals surface area contributed by atoms with Crippen LogP contribution in [0.3, 0.4) is 0 Å². The Morgan fingerprint density at radius 3 is 2.85 bits per heavy atom. The number of sulfonamides is 1. The molecule has 13 heavy (non-hydrogen) atoms. The number of pyridine rings is 1. The van der Waals surface area contributed by atoms with Gasteiger partial charge in [-0.25, -0.2) is 22.5 Å². The Morgan fingerprint density at radius 2 is 2.31 bits per heavy atom. The zero-order chi connectivity index (χ0) is 9.90. The molecule has 0 aliphatic carbocycles. The van der Waals surface area contributed by atoms with Gasteiger partial charge in [-0.1, -0.05) is 6.92 Å². The average molecular weight is 204 g/mol. The van der Waals surface area contributed by atoms with E-state index >= 15 is 0 Å². The Hall–Kier alpha value is -1.01. The van der Waals surface area contributed by atoms with Crippen LogP contribution in [0.15, 0.2) is 23.4 Å². The fourth-order valence-electron chi connectivity index (χ4n) is 0.827. The molecular weight excluding hydrogens is 195 g/mol. The number of hydrogen-bond donors (Lipinski definition) is 1. The van der Waals surface area contributed by atoms with E-state index in [0.717, 1.165) is 6.07 Å². The first-order valence-corrected chi connectivity index (χ1v) is 5.16. The van der Waals surface area contributed by atoms with Crippen LogP contribution in [0.5, 0.6) is 0 Å². The van der Waals surface area contributed by atoms with Crippen LogP contribution >= 0.6 is 0 Å². The van der Waals surface area contributed by atoms with E-state index in [4.69, 9.17) is 0 Å². The number of nitrogens with zero attached hydrogens (tertiary/aromatic N) is 1. The molecule has 0 aliphatic heterocycles. The third-order valence-corrected chi connectivity index (χ3v) is 2.79. The lowest BCUT2D eigenvalue weighted by Gasteiger charge is -2.03. The average Bonchev–Trinajstić information content (AvgIpc) is 2.04. The molecule has 1 aromatic heterocycles. The maximum Gasteiger partial charge on any atom is 0.261 e. The highest BCUT2D eigenvalue weighted by atomic mass is 32.2. The van der Waals surface area contributed by atoms with Crippen molar-refractivity contribution in [1.82, 2.24) is 9.71 Å². The van der Waals surface area contributed by atoms with Crippen LogP contribution in [-0.2, 0) is 10.0 Å². The number of rotatable bonds is 3. The summed E-state index contributed by atoms with van der Waals surface area (Å²) in [5.74, 6) is -0.844. The summed E-state index contributed by atoms with van der Waals surface area (Å²) < 4.78 is 37.6. The van der Waals surface area contributed by atoms with Crippen molar-refractivity contribution < 1.29 is 12.8 Å². The van der Waals surface area contributed by atoms with Gasteiger partial charge in [0.1, 0.15) is 0 Å². The van der Waals surface area contributed by atoms with Crippen molar-refractivity contribution in [2.24, 2.45) is 0 Å². The largest absolute Gasteiger partial charge is 0.261 e. The monoisotopic (exact) mass is 204 g/mol. The summed E-state index contributed by atoms with van der Waals surface area (Å²) in [6, 6.07) is 2.39. The molecule has 1 aromatic rings. The summed E-state index contributed by atoms with van der Waals surface area (Å²) in [5, 5.41) is -0.558. The fourth-order valence-corrected chi connectivity index (χ4v) is 1.87. The maximum absolute atomic E-state index is 12.9. The van der Waals surface area contributed by atoms with Crippen LogP contribution in [0, 0.1) is 5.82 Å². The minimum atomic E-state index is -3.78. The molecule has 0 fully saturated rings. The molecule has 0 aliphatic rings. The normalized spacial score (nSPS) is 11.5. The second-order valence-electron chi connectivity index (χ2n) is 2.29. The molecule has 0 amide bonds. The van der Waals surface area contributed by atoms with Crippen LogP contribution in [0.4, 0.5) is 4.39 Å². The summed E-state index contributed by atoms with van der Waals surface area (Å²) >= 11 is 0. The lowest BCUT2D eigenvalue weighted by atomic mass is 10.5. The first kappa shape index (κ1) is 10.1. The van der Waals surface area contributed by atoms with E-state index in [1.54, 1.807) is 6.92 Å². The Morgan fingerprint density at radius 1 is 1.62 bits per heavy atom. The van der Waals surface area contributed by atoms with E-state index in [9.17, 15) is 12.8 Å². The molecule has 1 heterocycles. The summed E-state index contributed by atoms with van der Waals surface area (Å²) in [6.07, 6.45) is 1.23. The van der Waals surface area contributed by atoms with E-state index in [1.165, 1.54) is 12.3 Å². The molecular formula is C7H9FN2O2S. The van der Waals surface area contributed by atoms with Crippen molar-refractivity contribution in [3.05, 3.63) is 24.1 Å². The minimum Gasteiger partial charge on any atom is -0.241 e. The molecule has 0 atom stereocenters. The standard InChI is InChI=1S/C7H9FN2O2S/c1-2-10-13(11,12)7-6(8)4-3-5-9-7/h3-5,10H,2H2,1H3. The van der Waals surface area contributed by atoms with Crippen molar-refractivity contribution in [2.45, 2.75) is 11.9 Å². The highest BCUT2D eigenvalue weighted by molar-refractivity contribution is 7.89. The zero-order valence-corrected chi connectivity index (χ0v) is 7.81. The Labute approximate surface area is 75.9 Å². The van der Waals surface area contributed by atoms with Gasteiger partial charge < -0.3 is 0 Å². The topological polar surface area (TPSA) is 59.1 Å². The second kappa shape index (κ2) is 3.80. The Kier molecular flexibility index (Phi) is 2.94. The van der Waals surface area contributed by atoms with E-state index in [1.807, 2.05) is 0 Å². The Balaban J connectivity index is 3.15. The Bertz CT molecular complexity index is 391. The van der Waals surface area contributed by atoms with Crippen molar-refractivity contribution in [2.75, 3.05) is 6.54 Å². The summed E-state index contributed by atoms with van der Waals surface area (Å²) in [7, 11) is -3.78. The first-order valence-electron chi connectivity index (χ1n) is 3.68. The molecule has 0 bridgehead atoms. The van der Waals surface area contributed by atoms with Crippen LogP contribution < -0.4 is 4.72 Å². The molecule has 0 radical (unpaired) electrons. The van der Waals surface area contributed by atoms with Crippen molar-refractivity contribution in [3.8, 4) is 0 Å². The van der Waals surface area contributed by atoms with Crippen LogP contribution in [0.25, 0.3) is 0 Å². The smallest absolute Gasteiger partial charge is 0.241 e. The predicted molar refractivity (Wildman–Crippen MR) is 45.1 cm³/mol. The highest BCUT2D eigenvalue weighted by Crippen LogP contribution is 2.08. The summed E-state index contributed by atoms with van der Waals surface area (Å²) in [5.41, 5.74) is 0. The van der Waals surface area contributed by atoms with Gasteiger partial charge in [0.15, 0.2) is 5.82 Å². The van der Waals surface area contributed by atoms with Gasteiger partial charge in [0.05, 0.1) is 0 Å². The number of halogens is 1. The minimum absolute atomic E-state index is 0.207. The number of hydrogen-bond acceptors (Lipinski definition) is 3. The summed E-state index contributed by atoms with van der Waals surface area (Å²) in [6.45, 7) is 1.82. The van der Waals surface area contributed by atoms with Gasteiger partial charge in [0, 0.05) is 12.7 Å². The molecule has 0 saturated heterocycles. The van der Waals surface area contributed by atoms with Gasteiger partial charge >= 0.3 is 0 Å². The van der Waals surface area contributed by atoms with Gasteiger partial charge in [-0.2, -0.15) is 0 Å². The van der Waals surface area contributed by atoms with Crippen LogP contribution in [0.1, 0.15) is 6.92 Å². The SMILES string of the molecule is CCNS(=O)(=O)c1ncccc1F. The zero-order valence-electron chi connectivity index (χ0n) is 6.99. The van der Waals surface area contributed by atoms with E-state index in [-0.39, 0.29) is 6.54 Å². The second-order valence-corrected chi connectivity index (χ2v) is 3.97. The predicted octanol–water partition coefficient (Wildman–Crippen LogP) is 0.519. The molecule has 4 nitrogen and oxygen atoms in total. The molecule has 0 spiro atoms. The van der Waals surface area contributed by atoms with Gasteiger partial charge in [-0.15, -0.1) is 0 Å². The first-order chi connectivity index (χ1) is 6.08. The van der Waals surface area contributed by atoms with Crippen LogP contribution in [-0.4, -0.2) is 19.9 Å². The molecule has 1 rings (SSSR count). The molecule has 72 valence electrons. The van der Waals surface area contributed by atoms with Crippen LogP contribution in [0.2, 0.25) is 0 Å². The summed E-state index contributed by atoms with van der Waals surface area (Å²) in [4.78, 5) is 3.44. The highest BCUT2D eigenvalue weighted by Gasteiger charge is 2.18. The van der Waals surface area contributed by atoms with Crippen molar-refractivity contribution in [1.29, 1.82) is 0 Å². The van der Waals surface area contributed by atoms with Crippen molar-refractivity contribution >= 4 is 10.0 Å². The molecule has 6 heteroatoms.